The Hall–Kier alpha value is -2.32. The normalized spacial score (nSPS) is 26.1. The average Bonchev–Trinajstić information content (AvgIpc) is 3.06. The van der Waals surface area contributed by atoms with Crippen LogP contribution in [0.5, 0.6) is 0 Å². The number of aromatic nitrogens is 1. The van der Waals surface area contributed by atoms with Gasteiger partial charge in [-0.2, -0.15) is 0 Å². The molecule has 2 heterocycles. The number of benzene rings is 1. The number of hydrogen-bond acceptors (Lipinski definition) is 5. The van der Waals surface area contributed by atoms with E-state index in [2.05, 4.69) is 5.16 Å². The molecule has 1 aromatic carbocycles. The molecule has 0 radical (unpaired) electrons. The van der Waals surface area contributed by atoms with E-state index in [-0.39, 0.29) is 57.4 Å². The minimum atomic E-state index is -1.76. The minimum absolute atomic E-state index is 0.0462. The van der Waals surface area contributed by atoms with Crippen molar-refractivity contribution in [1.29, 1.82) is 0 Å². The zero-order valence-corrected chi connectivity index (χ0v) is 17.1. The van der Waals surface area contributed by atoms with Gasteiger partial charge in [-0.25, -0.2) is 14.0 Å². The fourth-order valence-corrected chi connectivity index (χ4v) is 5.07. The van der Waals surface area contributed by atoms with Gasteiger partial charge in [-0.05, 0) is 31.4 Å². The second-order valence-corrected chi connectivity index (χ2v) is 8.88. The van der Waals surface area contributed by atoms with Crippen LogP contribution in [0.3, 0.4) is 0 Å². The fourth-order valence-electron chi connectivity index (χ4n) is 4.50. The first-order valence-corrected chi connectivity index (χ1v) is 10.4. The molecule has 5 rings (SSSR count). The Bertz CT molecular complexity index is 1030. The summed E-state index contributed by atoms with van der Waals surface area (Å²) in [6, 6.07) is 4.64. The molecular weight excluding hydrogens is 438 g/mol. The van der Waals surface area contributed by atoms with Crippen LogP contribution in [0.1, 0.15) is 41.8 Å². The maximum atomic E-state index is 14.9. The van der Waals surface area contributed by atoms with E-state index in [0.717, 1.165) is 0 Å². The van der Waals surface area contributed by atoms with Crippen molar-refractivity contribution in [3.8, 4) is 11.3 Å². The standard InChI is InChI=1S/C20H17Cl2FN2O5/c21-11-2-1-3-12(22)14(11)16-15(17(30-24-16)20(23)4-5-20)18(26)29-13-7-10-6-9(13)8-25(10)19(27)28/h1-3,9-10,13H,4-8H2,(H,27,28)/t9-,10-,13+/m0/s1. The number of alkyl halides is 1. The molecule has 2 saturated carbocycles. The summed E-state index contributed by atoms with van der Waals surface area (Å²) in [4.78, 5) is 25.8. The summed E-state index contributed by atoms with van der Waals surface area (Å²) in [5.74, 6) is -1.03. The van der Waals surface area contributed by atoms with E-state index >= 15 is 0 Å². The SMILES string of the molecule is O=C(O[C@@H]1C[C@@H]2C[C@H]1CN2C(=O)O)c1c(-c2c(Cl)cccc2Cl)noc1C1(F)CC1. The topological polar surface area (TPSA) is 92.9 Å². The number of likely N-dealkylation sites (tertiary alicyclic amines) is 1. The number of ether oxygens (including phenoxy) is 1. The summed E-state index contributed by atoms with van der Waals surface area (Å²) in [5, 5.41) is 13.6. The van der Waals surface area contributed by atoms with Crippen LogP contribution in [-0.4, -0.2) is 45.9 Å². The van der Waals surface area contributed by atoms with E-state index in [4.69, 9.17) is 32.5 Å². The van der Waals surface area contributed by atoms with E-state index in [0.29, 0.717) is 19.4 Å². The first-order chi connectivity index (χ1) is 14.3. The number of fused-ring (bicyclic) bond motifs is 2. The van der Waals surface area contributed by atoms with Crippen molar-refractivity contribution < 1.29 is 28.3 Å². The summed E-state index contributed by atoms with van der Waals surface area (Å²) >= 11 is 12.5. The van der Waals surface area contributed by atoms with Crippen molar-refractivity contribution in [2.75, 3.05) is 6.54 Å². The summed E-state index contributed by atoms with van der Waals surface area (Å²) in [7, 11) is 0. The highest BCUT2D eigenvalue weighted by Crippen LogP contribution is 2.53. The van der Waals surface area contributed by atoms with E-state index < -0.39 is 23.8 Å². The van der Waals surface area contributed by atoms with Crippen LogP contribution >= 0.6 is 23.2 Å². The molecule has 0 spiro atoms. The summed E-state index contributed by atoms with van der Waals surface area (Å²) in [5.41, 5.74) is -1.55. The van der Waals surface area contributed by atoms with Gasteiger partial charge in [0.1, 0.15) is 17.4 Å². The van der Waals surface area contributed by atoms with E-state index in [1.54, 1.807) is 18.2 Å². The number of carboxylic acid groups (broad SMARTS) is 1. The van der Waals surface area contributed by atoms with Crippen molar-refractivity contribution in [2.45, 2.75) is 43.5 Å². The van der Waals surface area contributed by atoms with Gasteiger partial charge in [0.15, 0.2) is 11.4 Å². The van der Waals surface area contributed by atoms with Crippen LogP contribution in [0.15, 0.2) is 22.7 Å². The molecule has 3 fully saturated rings. The average molecular weight is 455 g/mol. The largest absolute Gasteiger partial charge is 0.465 e. The maximum absolute atomic E-state index is 14.9. The highest BCUT2D eigenvalue weighted by molar-refractivity contribution is 6.39. The number of amides is 1. The molecule has 3 atom stereocenters. The second-order valence-electron chi connectivity index (χ2n) is 8.06. The van der Waals surface area contributed by atoms with Crippen LogP contribution in [0, 0.1) is 5.92 Å². The quantitative estimate of drug-likeness (QED) is 0.659. The Balaban J connectivity index is 1.47. The third-order valence-electron chi connectivity index (χ3n) is 6.17. The van der Waals surface area contributed by atoms with Crippen molar-refractivity contribution in [3.63, 3.8) is 0 Å². The predicted octanol–water partition coefficient (Wildman–Crippen LogP) is 4.90. The van der Waals surface area contributed by atoms with Crippen molar-refractivity contribution in [2.24, 2.45) is 5.92 Å². The number of carbonyl (C=O) groups excluding carboxylic acids is 1. The number of rotatable bonds is 4. The number of halogens is 3. The first-order valence-electron chi connectivity index (χ1n) is 9.62. The Morgan fingerprint density at radius 2 is 1.97 bits per heavy atom. The summed E-state index contributed by atoms with van der Waals surface area (Å²) in [6.45, 7) is 0.310. The number of carbonyl (C=O) groups is 2. The number of piperidine rings is 1. The molecule has 1 saturated heterocycles. The molecule has 2 aromatic rings. The third-order valence-corrected chi connectivity index (χ3v) is 6.80. The van der Waals surface area contributed by atoms with Crippen LogP contribution < -0.4 is 0 Å². The maximum Gasteiger partial charge on any atom is 0.407 e. The lowest BCUT2D eigenvalue weighted by molar-refractivity contribution is 0.00824. The molecule has 2 bridgehead atoms. The Kier molecular flexibility index (Phi) is 4.48. The van der Waals surface area contributed by atoms with Crippen LogP contribution in [0.2, 0.25) is 10.0 Å². The molecule has 1 amide bonds. The van der Waals surface area contributed by atoms with Gasteiger partial charge in [-0.15, -0.1) is 0 Å². The fraction of sp³-hybridized carbons (Fsp3) is 0.450. The van der Waals surface area contributed by atoms with E-state index in [1.165, 1.54) is 4.90 Å². The molecule has 1 aromatic heterocycles. The van der Waals surface area contributed by atoms with Crippen LogP contribution in [0.25, 0.3) is 11.3 Å². The van der Waals surface area contributed by atoms with Gasteiger partial charge in [-0.1, -0.05) is 34.4 Å². The van der Waals surface area contributed by atoms with Gasteiger partial charge >= 0.3 is 12.1 Å². The monoisotopic (exact) mass is 454 g/mol. The number of esters is 1. The molecule has 2 aliphatic carbocycles. The second kappa shape index (κ2) is 6.85. The van der Waals surface area contributed by atoms with Gasteiger partial charge in [0.2, 0.25) is 0 Å². The molecular formula is C20H17Cl2FN2O5. The molecule has 1 aliphatic heterocycles. The highest BCUT2D eigenvalue weighted by atomic mass is 35.5. The zero-order chi connectivity index (χ0) is 21.2. The molecule has 7 nitrogen and oxygen atoms in total. The van der Waals surface area contributed by atoms with Gasteiger partial charge in [-0.3, -0.25) is 0 Å². The number of hydrogen-bond donors (Lipinski definition) is 1. The van der Waals surface area contributed by atoms with E-state index in [1.807, 2.05) is 0 Å². The lowest BCUT2D eigenvalue weighted by atomic mass is 10.0. The molecule has 30 heavy (non-hydrogen) atoms. The third kappa shape index (κ3) is 3.04. The van der Waals surface area contributed by atoms with E-state index in [9.17, 15) is 19.1 Å². The molecule has 158 valence electrons. The smallest absolute Gasteiger partial charge is 0.407 e. The first kappa shape index (κ1) is 19.6. The molecule has 1 N–H and O–H groups in total. The Morgan fingerprint density at radius 3 is 2.53 bits per heavy atom. The highest BCUT2D eigenvalue weighted by Gasteiger charge is 2.54. The lowest BCUT2D eigenvalue weighted by Gasteiger charge is -2.29. The van der Waals surface area contributed by atoms with Crippen molar-refractivity contribution in [1.82, 2.24) is 10.1 Å². The molecule has 0 unspecified atom stereocenters. The van der Waals surface area contributed by atoms with Gasteiger partial charge < -0.3 is 19.3 Å². The van der Waals surface area contributed by atoms with Gasteiger partial charge in [0.05, 0.1) is 10.0 Å². The van der Waals surface area contributed by atoms with Crippen molar-refractivity contribution in [3.05, 3.63) is 39.6 Å². The Labute approximate surface area is 180 Å². The predicted molar refractivity (Wildman–Crippen MR) is 104 cm³/mol. The molecule has 3 aliphatic rings. The Morgan fingerprint density at radius 1 is 1.27 bits per heavy atom. The number of nitrogens with zero attached hydrogens (tertiary/aromatic N) is 2. The van der Waals surface area contributed by atoms with Crippen LogP contribution in [0.4, 0.5) is 9.18 Å². The van der Waals surface area contributed by atoms with Crippen LogP contribution in [-0.2, 0) is 10.4 Å². The minimum Gasteiger partial charge on any atom is -0.465 e. The van der Waals surface area contributed by atoms with Crippen molar-refractivity contribution >= 4 is 35.3 Å². The summed E-state index contributed by atoms with van der Waals surface area (Å²) in [6.07, 6.45) is 0.0609. The lowest BCUT2D eigenvalue weighted by Crippen LogP contribution is -2.42. The zero-order valence-electron chi connectivity index (χ0n) is 15.6. The molecule has 10 heteroatoms. The summed E-state index contributed by atoms with van der Waals surface area (Å²) < 4.78 is 25.9. The van der Waals surface area contributed by atoms with Gasteiger partial charge in [0.25, 0.3) is 0 Å². The van der Waals surface area contributed by atoms with Gasteiger partial charge in [0, 0.05) is 30.5 Å².